The second-order valence-corrected chi connectivity index (χ2v) is 7.46. The molecule has 0 N–H and O–H groups in total. The predicted molar refractivity (Wildman–Crippen MR) is 98.6 cm³/mol. The molecule has 1 aliphatic carbocycles. The number of hydrogen-bond donors (Lipinski definition) is 0. The number of benzene rings is 1. The van der Waals surface area contributed by atoms with Crippen LogP contribution in [0.5, 0.6) is 5.75 Å². The zero-order valence-corrected chi connectivity index (χ0v) is 14.8. The highest BCUT2D eigenvalue weighted by molar-refractivity contribution is 5.25. The van der Waals surface area contributed by atoms with Gasteiger partial charge in [0, 0.05) is 6.54 Å². The number of likely N-dealkylation sites (tertiary alicyclic amines) is 1. The quantitative estimate of drug-likeness (QED) is 0.771. The third kappa shape index (κ3) is 4.57. The van der Waals surface area contributed by atoms with E-state index in [0.29, 0.717) is 0 Å². The summed E-state index contributed by atoms with van der Waals surface area (Å²) in [5, 5.41) is 0. The SMILES string of the molecule is c1ccc([C@@H]2C[C@H]2CC2CCN(CCOc3cncnc3)CC2)cc1. The van der Waals surface area contributed by atoms with Crippen molar-refractivity contribution < 1.29 is 4.74 Å². The molecule has 4 heteroatoms. The molecule has 2 aliphatic rings. The largest absolute Gasteiger partial charge is 0.489 e. The average molecular weight is 337 g/mol. The third-order valence-corrected chi connectivity index (χ3v) is 5.71. The summed E-state index contributed by atoms with van der Waals surface area (Å²) in [7, 11) is 0. The van der Waals surface area contributed by atoms with E-state index >= 15 is 0 Å². The Morgan fingerprint density at radius 2 is 1.80 bits per heavy atom. The van der Waals surface area contributed by atoms with E-state index < -0.39 is 0 Å². The maximum absolute atomic E-state index is 5.71. The Morgan fingerprint density at radius 3 is 2.56 bits per heavy atom. The molecule has 0 spiro atoms. The van der Waals surface area contributed by atoms with Gasteiger partial charge in [-0.25, -0.2) is 9.97 Å². The van der Waals surface area contributed by atoms with Crippen LogP contribution in [0.4, 0.5) is 0 Å². The first-order chi connectivity index (χ1) is 12.4. The summed E-state index contributed by atoms with van der Waals surface area (Å²) < 4.78 is 5.71. The van der Waals surface area contributed by atoms with E-state index in [0.717, 1.165) is 36.7 Å². The van der Waals surface area contributed by atoms with Gasteiger partial charge in [0.1, 0.15) is 12.9 Å². The Balaban J connectivity index is 1.13. The van der Waals surface area contributed by atoms with Crippen molar-refractivity contribution in [3.8, 4) is 5.75 Å². The summed E-state index contributed by atoms with van der Waals surface area (Å²) in [6, 6.07) is 11.1. The lowest BCUT2D eigenvalue weighted by Crippen LogP contribution is -2.36. The van der Waals surface area contributed by atoms with E-state index in [-0.39, 0.29) is 0 Å². The van der Waals surface area contributed by atoms with Crippen molar-refractivity contribution in [2.75, 3.05) is 26.2 Å². The number of rotatable bonds is 7. The number of piperidine rings is 1. The number of aromatic nitrogens is 2. The molecule has 1 saturated heterocycles. The summed E-state index contributed by atoms with van der Waals surface area (Å²) >= 11 is 0. The van der Waals surface area contributed by atoms with E-state index in [9.17, 15) is 0 Å². The minimum Gasteiger partial charge on any atom is -0.489 e. The lowest BCUT2D eigenvalue weighted by Gasteiger charge is -2.32. The fourth-order valence-electron chi connectivity index (χ4n) is 4.14. The van der Waals surface area contributed by atoms with Gasteiger partial charge in [0.2, 0.25) is 0 Å². The van der Waals surface area contributed by atoms with Gasteiger partial charge in [-0.1, -0.05) is 30.3 Å². The van der Waals surface area contributed by atoms with E-state index in [1.807, 2.05) is 0 Å². The Morgan fingerprint density at radius 1 is 1.04 bits per heavy atom. The summed E-state index contributed by atoms with van der Waals surface area (Å²) in [5.41, 5.74) is 1.55. The Hall–Kier alpha value is -1.94. The second-order valence-electron chi connectivity index (χ2n) is 7.46. The van der Waals surface area contributed by atoms with Crippen LogP contribution in [0.1, 0.15) is 37.2 Å². The standard InChI is InChI=1S/C21H27N3O/c1-2-4-18(5-3-1)21-13-19(21)12-17-6-8-24(9-7-17)10-11-25-20-14-22-16-23-15-20/h1-5,14-17,19,21H,6-13H2/t19-,21+/m1/s1. The molecule has 2 heterocycles. The molecule has 4 rings (SSSR count). The summed E-state index contributed by atoms with van der Waals surface area (Å²) in [6.45, 7) is 4.14. The first-order valence-corrected chi connectivity index (χ1v) is 9.53. The van der Waals surface area contributed by atoms with Gasteiger partial charge in [-0.3, -0.25) is 4.90 Å². The Labute approximate surface area is 150 Å². The van der Waals surface area contributed by atoms with E-state index in [4.69, 9.17) is 4.74 Å². The molecular weight excluding hydrogens is 310 g/mol. The summed E-state index contributed by atoms with van der Waals surface area (Å²) in [4.78, 5) is 10.5. The van der Waals surface area contributed by atoms with Crippen LogP contribution in [-0.4, -0.2) is 41.1 Å². The van der Waals surface area contributed by atoms with Gasteiger partial charge < -0.3 is 4.74 Å². The Kier molecular flexibility index (Phi) is 5.26. The fraction of sp³-hybridized carbons (Fsp3) is 0.524. The molecular formula is C21H27N3O. The highest BCUT2D eigenvalue weighted by atomic mass is 16.5. The third-order valence-electron chi connectivity index (χ3n) is 5.71. The molecule has 1 aliphatic heterocycles. The van der Waals surface area contributed by atoms with E-state index in [1.54, 1.807) is 18.0 Å². The van der Waals surface area contributed by atoms with Crippen LogP contribution in [0.3, 0.4) is 0 Å². The van der Waals surface area contributed by atoms with Gasteiger partial charge in [-0.2, -0.15) is 0 Å². The molecule has 0 unspecified atom stereocenters. The number of hydrogen-bond acceptors (Lipinski definition) is 4. The van der Waals surface area contributed by atoms with Crippen LogP contribution in [0.2, 0.25) is 0 Å². The van der Waals surface area contributed by atoms with Gasteiger partial charge in [-0.15, -0.1) is 0 Å². The number of ether oxygens (including phenoxy) is 1. The second kappa shape index (κ2) is 7.96. The van der Waals surface area contributed by atoms with Gasteiger partial charge in [0.25, 0.3) is 0 Å². The zero-order chi connectivity index (χ0) is 16.9. The minimum absolute atomic E-state index is 0.719. The highest BCUT2D eigenvalue weighted by Crippen LogP contribution is 2.51. The van der Waals surface area contributed by atoms with Crippen molar-refractivity contribution in [1.29, 1.82) is 0 Å². The molecule has 25 heavy (non-hydrogen) atoms. The van der Waals surface area contributed by atoms with Crippen molar-refractivity contribution >= 4 is 0 Å². The molecule has 132 valence electrons. The smallest absolute Gasteiger partial charge is 0.155 e. The molecule has 1 aromatic carbocycles. The molecule has 2 atom stereocenters. The number of nitrogens with zero attached hydrogens (tertiary/aromatic N) is 3. The molecule has 2 fully saturated rings. The van der Waals surface area contributed by atoms with Crippen molar-refractivity contribution in [1.82, 2.24) is 14.9 Å². The van der Waals surface area contributed by atoms with E-state index in [1.165, 1.54) is 45.1 Å². The summed E-state index contributed by atoms with van der Waals surface area (Å²) in [5.74, 6) is 3.44. The van der Waals surface area contributed by atoms with Crippen molar-refractivity contribution in [2.24, 2.45) is 11.8 Å². The molecule has 2 aromatic rings. The first-order valence-electron chi connectivity index (χ1n) is 9.53. The average Bonchev–Trinajstić information content (AvgIpc) is 3.44. The maximum Gasteiger partial charge on any atom is 0.155 e. The monoisotopic (exact) mass is 337 g/mol. The lowest BCUT2D eigenvalue weighted by molar-refractivity contribution is 0.148. The van der Waals surface area contributed by atoms with Crippen molar-refractivity contribution in [2.45, 2.75) is 31.6 Å². The predicted octanol–water partition coefficient (Wildman–Crippen LogP) is 3.76. The van der Waals surface area contributed by atoms with Crippen molar-refractivity contribution in [3.63, 3.8) is 0 Å². The normalized spacial score (nSPS) is 24.2. The topological polar surface area (TPSA) is 38.2 Å². The molecule has 0 radical (unpaired) electrons. The van der Waals surface area contributed by atoms with Crippen LogP contribution < -0.4 is 4.74 Å². The molecule has 0 amide bonds. The lowest BCUT2D eigenvalue weighted by atomic mass is 9.90. The highest BCUT2D eigenvalue weighted by Gasteiger charge is 2.39. The van der Waals surface area contributed by atoms with E-state index in [2.05, 4.69) is 45.2 Å². The fourth-order valence-corrected chi connectivity index (χ4v) is 4.14. The first kappa shape index (κ1) is 16.5. The molecule has 1 saturated carbocycles. The Bertz CT molecular complexity index is 641. The van der Waals surface area contributed by atoms with Gasteiger partial charge in [0.15, 0.2) is 5.75 Å². The van der Waals surface area contributed by atoms with Crippen LogP contribution in [-0.2, 0) is 0 Å². The van der Waals surface area contributed by atoms with Gasteiger partial charge in [0.05, 0.1) is 12.4 Å². The molecule has 4 nitrogen and oxygen atoms in total. The van der Waals surface area contributed by atoms with Crippen LogP contribution in [0.15, 0.2) is 49.1 Å². The van der Waals surface area contributed by atoms with Crippen LogP contribution in [0.25, 0.3) is 0 Å². The van der Waals surface area contributed by atoms with Crippen LogP contribution in [0, 0.1) is 11.8 Å². The minimum atomic E-state index is 0.719. The molecule has 1 aromatic heterocycles. The summed E-state index contributed by atoms with van der Waals surface area (Å²) in [6.07, 6.45) is 10.5. The maximum atomic E-state index is 5.71. The molecule has 0 bridgehead atoms. The van der Waals surface area contributed by atoms with Gasteiger partial charge in [-0.05, 0) is 62.1 Å². The zero-order valence-electron chi connectivity index (χ0n) is 14.8. The van der Waals surface area contributed by atoms with Crippen LogP contribution >= 0.6 is 0 Å². The van der Waals surface area contributed by atoms with Gasteiger partial charge >= 0.3 is 0 Å². The van der Waals surface area contributed by atoms with Crippen molar-refractivity contribution in [3.05, 3.63) is 54.6 Å².